The summed E-state index contributed by atoms with van der Waals surface area (Å²) >= 11 is 0. The average Bonchev–Trinajstić information content (AvgIpc) is 2.62. The van der Waals surface area contributed by atoms with Crippen LogP contribution in [0.5, 0.6) is 0 Å². The van der Waals surface area contributed by atoms with Gasteiger partial charge in [0.1, 0.15) is 17.2 Å². The Morgan fingerprint density at radius 2 is 2.00 bits per heavy atom. The Morgan fingerprint density at radius 3 is 2.67 bits per heavy atom. The minimum atomic E-state index is -0.951. The first kappa shape index (κ1) is 19.8. The molecule has 9 heteroatoms. The number of anilines is 1. The molecule has 2 rings (SSSR count). The molecule has 0 amide bonds. The van der Waals surface area contributed by atoms with E-state index in [1.54, 1.807) is 13.0 Å². The summed E-state index contributed by atoms with van der Waals surface area (Å²) in [5.41, 5.74) is 3.81. The van der Waals surface area contributed by atoms with Crippen LogP contribution in [0.3, 0.4) is 0 Å². The normalized spacial score (nSPS) is 10.9. The second-order valence-corrected chi connectivity index (χ2v) is 5.56. The molecule has 0 saturated carbocycles. The number of nitrogens with one attached hydrogen (secondary N) is 1. The Labute approximate surface area is 153 Å². The van der Waals surface area contributed by atoms with Crippen LogP contribution in [0.2, 0.25) is 0 Å². The van der Waals surface area contributed by atoms with Crippen molar-refractivity contribution in [2.24, 2.45) is 0 Å². The van der Waals surface area contributed by atoms with E-state index in [1.807, 2.05) is 4.98 Å². The van der Waals surface area contributed by atoms with E-state index in [0.717, 1.165) is 10.6 Å². The largest absolute Gasteiger partial charge is 0.454 e. The van der Waals surface area contributed by atoms with E-state index >= 15 is 0 Å². The van der Waals surface area contributed by atoms with Gasteiger partial charge in [0.25, 0.3) is 5.56 Å². The van der Waals surface area contributed by atoms with Crippen LogP contribution in [0.4, 0.5) is 10.2 Å². The van der Waals surface area contributed by atoms with Crippen LogP contribution in [-0.4, -0.2) is 27.9 Å². The molecule has 1 heterocycles. The number of aromatic nitrogens is 2. The van der Waals surface area contributed by atoms with Gasteiger partial charge < -0.3 is 10.5 Å². The van der Waals surface area contributed by atoms with Crippen LogP contribution < -0.4 is 17.0 Å². The molecule has 0 saturated heterocycles. The number of esters is 1. The SMILES string of the molecule is CCCn1c(N)c(C(=O)COC(=O)/C=C/c2ccccc2F)c(=O)[nH]c1=O. The maximum atomic E-state index is 13.5. The Bertz CT molecular complexity index is 1010. The highest BCUT2D eigenvalue weighted by molar-refractivity contribution is 6.01. The van der Waals surface area contributed by atoms with Crippen LogP contribution in [-0.2, 0) is 16.1 Å². The smallest absolute Gasteiger partial charge is 0.331 e. The van der Waals surface area contributed by atoms with Crippen molar-refractivity contribution >= 4 is 23.6 Å². The molecule has 0 unspecified atom stereocenters. The van der Waals surface area contributed by atoms with E-state index in [2.05, 4.69) is 0 Å². The van der Waals surface area contributed by atoms with Gasteiger partial charge >= 0.3 is 11.7 Å². The number of hydrogen-bond acceptors (Lipinski definition) is 6. The third-order valence-corrected chi connectivity index (χ3v) is 3.62. The zero-order chi connectivity index (χ0) is 20.0. The number of nitrogens with two attached hydrogens (primary N) is 1. The Morgan fingerprint density at radius 1 is 1.30 bits per heavy atom. The lowest BCUT2D eigenvalue weighted by molar-refractivity contribution is -0.136. The van der Waals surface area contributed by atoms with E-state index in [1.165, 1.54) is 24.3 Å². The van der Waals surface area contributed by atoms with Crippen LogP contribution >= 0.6 is 0 Å². The van der Waals surface area contributed by atoms with Gasteiger partial charge in [0, 0.05) is 18.2 Å². The quantitative estimate of drug-likeness (QED) is 0.424. The number of ketones is 1. The Hall–Kier alpha value is -3.49. The highest BCUT2D eigenvalue weighted by atomic mass is 19.1. The summed E-state index contributed by atoms with van der Waals surface area (Å²) in [6, 6.07) is 5.79. The number of nitrogens with zero attached hydrogens (tertiary/aromatic N) is 1. The fourth-order valence-corrected chi connectivity index (χ4v) is 2.33. The number of Topliss-reactive ketones (excluding diaryl/α,β-unsaturated/α-hetero) is 1. The summed E-state index contributed by atoms with van der Waals surface area (Å²) in [6.07, 6.45) is 2.71. The molecule has 0 aliphatic heterocycles. The number of nitrogen functional groups attached to an aromatic ring is 1. The molecular weight excluding hydrogens is 357 g/mol. The van der Waals surface area contributed by atoms with Gasteiger partial charge in [0.2, 0.25) is 5.78 Å². The van der Waals surface area contributed by atoms with Crippen LogP contribution in [0.25, 0.3) is 6.08 Å². The van der Waals surface area contributed by atoms with Crippen molar-refractivity contribution in [3.05, 3.63) is 68.1 Å². The van der Waals surface area contributed by atoms with Gasteiger partial charge in [-0.3, -0.25) is 19.1 Å². The fraction of sp³-hybridized carbons (Fsp3) is 0.222. The first-order valence-corrected chi connectivity index (χ1v) is 8.10. The standard InChI is InChI=1S/C18H18FN3O5/c1-2-9-22-16(20)15(17(25)21-18(22)26)13(23)10-27-14(24)8-7-11-5-3-4-6-12(11)19/h3-8H,2,9-10,20H2,1H3,(H,21,25,26)/b8-7+. The second kappa shape index (κ2) is 8.75. The van der Waals surface area contributed by atoms with Gasteiger partial charge in [-0.25, -0.2) is 14.0 Å². The molecule has 0 aliphatic rings. The van der Waals surface area contributed by atoms with Crippen molar-refractivity contribution in [2.45, 2.75) is 19.9 Å². The summed E-state index contributed by atoms with van der Waals surface area (Å²) in [4.78, 5) is 49.5. The van der Waals surface area contributed by atoms with Gasteiger partial charge in [0.05, 0.1) is 0 Å². The lowest BCUT2D eigenvalue weighted by atomic mass is 10.2. The van der Waals surface area contributed by atoms with Crippen LogP contribution in [0, 0.1) is 5.82 Å². The number of halogens is 1. The molecule has 0 fully saturated rings. The summed E-state index contributed by atoms with van der Waals surface area (Å²) in [5, 5.41) is 0. The lowest BCUT2D eigenvalue weighted by Gasteiger charge is -2.10. The molecule has 0 radical (unpaired) electrons. The van der Waals surface area contributed by atoms with Crippen LogP contribution in [0.15, 0.2) is 39.9 Å². The molecule has 0 bridgehead atoms. The molecule has 1 aromatic heterocycles. The first-order chi connectivity index (χ1) is 12.8. The molecule has 27 heavy (non-hydrogen) atoms. The van der Waals surface area contributed by atoms with Crippen molar-refractivity contribution in [3.8, 4) is 0 Å². The fourth-order valence-electron chi connectivity index (χ4n) is 2.33. The molecule has 8 nitrogen and oxygen atoms in total. The number of carbonyl (C=O) groups is 2. The van der Waals surface area contributed by atoms with Gasteiger partial charge in [-0.1, -0.05) is 25.1 Å². The zero-order valence-electron chi connectivity index (χ0n) is 14.5. The number of H-pyrrole nitrogens is 1. The van der Waals surface area contributed by atoms with E-state index in [-0.39, 0.29) is 17.9 Å². The molecule has 2 aromatic rings. The topological polar surface area (TPSA) is 124 Å². The lowest BCUT2D eigenvalue weighted by Crippen LogP contribution is -2.37. The van der Waals surface area contributed by atoms with E-state index in [0.29, 0.717) is 6.42 Å². The number of carbonyl (C=O) groups excluding carboxylic acids is 2. The van der Waals surface area contributed by atoms with Gasteiger partial charge in [0.15, 0.2) is 6.61 Å². The zero-order valence-corrected chi connectivity index (χ0v) is 14.5. The molecule has 0 spiro atoms. The van der Waals surface area contributed by atoms with Crippen molar-refractivity contribution in [1.29, 1.82) is 0 Å². The number of ether oxygens (including phenoxy) is 1. The highest BCUT2D eigenvalue weighted by Crippen LogP contribution is 2.09. The number of aromatic amines is 1. The molecule has 3 N–H and O–H groups in total. The molecule has 142 valence electrons. The number of rotatable bonds is 7. The number of hydrogen-bond donors (Lipinski definition) is 2. The summed E-state index contributed by atoms with van der Waals surface area (Å²) < 4.78 is 19.3. The van der Waals surface area contributed by atoms with E-state index in [9.17, 15) is 23.6 Å². The third-order valence-electron chi connectivity index (χ3n) is 3.62. The van der Waals surface area contributed by atoms with Crippen LogP contribution in [0.1, 0.15) is 29.3 Å². The molecule has 0 aliphatic carbocycles. The van der Waals surface area contributed by atoms with Gasteiger partial charge in [-0.15, -0.1) is 0 Å². The molecular formula is C18H18FN3O5. The van der Waals surface area contributed by atoms with Crippen molar-refractivity contribution in [3.63, 3.8) is 0 Å². The monoisotopic (exact) mass is 375 g/mol. The van der Waals surface area contributed by atoms with Crippen molar-refractivity contribution in [2.75, 3.05) is 12.3 Å². The van der Waals surface area contributed by atoms with Crippen molar-refractivity contribution in [1.82, 2.24) is 9.55 Å². The highest BCUT2D eigenvalue weighted by Gasteiger charge is 2.20. The third kappa shape index (κ3) is 4.78. The first-order valence-electron chi connectivity index (χ1n) is 8.10. The maximum Gasteiger partial charge on any atom is 0.331 e. The van der Waals surface area contributed by atoms with E-state index < -0.39 is 41.0 Å². The minimum absolute atomic E-state index is 0.174. The van der Waals surface area contributed by atoms with Gasteiger partial charge in [-0.2, -0.15) is 0 Å². The van der Waals surface area contributed by atoms with Crippen molar-refractivity contribution < 1.29 is 18.7 Å². The average molecular weight is 375 g/mol. The van der Waals surface area contributed by atoms with E-state index in [4.69, 9.17) is 10.5 Å². The summed E-state index contributed by atoms with van der Waals surface area (Å²) in [6.45, 7) is 1.26. The summed E-state index contributed by atoms with van der Waals surface area (Å²) in [7, 11) is 0. The maximum absolute atomic E-state index is 13.5. The minimum Gasteiger partial charge on any atom is -0.454 e. The number of benzene rings is 1. The predicted molar refractivity (Wildman–Crippen MR) is 96.7 cm³/mol. The summed E-state index contributed by atoms with van der Waals surface area (Å²) in [5.74, 6) is -2.56. The Kier molecular flexibility index (Phi) is 6.42. The second-order valence-electron chi connectivity index (χ2n) is 5.56. The van der Waals surface area contributed by atoms with Gasteiger partial charge in [-0.05, 0) is 18.6 Å². The molecule has 1 aromatic carbocycles. The molecule has 0 atom stereocenters. The Balaban J connectivity index is 2.11. The predicted octanol–water partition coefficient (Wildman–Crippen LogP) is 1.11.